The number of amides is 2. The molecule has 0 bridgehead atoms. The summed E-state index contributed by atoms with van der Waals surface area (Å²) in [6.45, 7) is 6.13. The van der Waals surface area contributed by atoms with Crippen molar-refractivity contribution in [3.05, 3.63) is 75.8 Å². The summed E-state index contributed by atoms with van der Waals surface area (Å²) in [5.41, 5.74) is 4.57. The molecule has 0 spiro atoms. The molecule has 2 heterocycles. The molecule has 2 aromatic heterocycles. The van der Waals surface area contributed by atoms with Gasteiger partial charge in [0.1, 0.15) is 29.3 Å². The third-order valence-corrected chi connectivity index (χ3v) is 5.90. The molecule has 3 N–H and O–H groups in total. The van der Waals surface area contributed by atoms with E-state index in [0.29, 0.717) is 40.3 Å². The van der Waals surface area contributed by atoms with Crippen molar-refractivity contribution in [3.63, 3.8) is 0 Å². The van der Waals surface area contributed by atoms with Crippen molar-refractivity contribution in [2.75, 3.05) is 25.6 Å². The lowest BCUT2D eigenvalue weighted by Crippen LogP contribution is -2.23. The molecule has 0 aliphatic rings. The van der Waals surface area contributed by atoms with Crippen molar-refractivity contribution >= 4 is 28.4 Å². The van der Waals surface area contributed by atoms with Gasteiger partial charge in [-0.1, -0.05) is 12.1 Å². The Morgan fingerprint density at radius 3 is 2.57 bits per heavy atom. The number of hydrogen-bond donors (Lipinski definition) is 3. The Hall–Kier alpha value is -4.37. The first-order valence-electron chi connectivity index (χ1n) is 11.9. The van der Waals surface area contributed by atoms with Gasteiger partial charge in [-0.2, -0.15) is 0 Å². The highest BCUT2D eigenvalue weighted by molar-refractivity contribution is 6.02. The number of nitrogens with one attached hydrogen (secondary N) is 3. The van der Waals surface area contributed by atoms with Gasteiger partial charge in [0.15, 0.2) is 0 Å². The number of ether oxygens (including phenoxy) is 2. The minimum absolute atomic E-state index is 0.0409. The predicted octanol–water partition coefficient (Wildman–Crippen LogP) is 4.28. The average Bonchev–Trinajstić information content (AvgIpc) is 3.29. The molecule has 2 amide bonds. The predicted molar refractivity (Wildman–Crippen MR) is 143 cm³/mol. The molecule has 0 saturated heterocycles. The number of H-pyrrole nitrogens is 1. The van der Waals surface area contributed by atoms with Crippen molar-refractivity contribution in [3.8, 4) is 22.6 Å². The number of aromatic nitrogens is 2. The number of aryl methyl sites for hydroxylation is 3. The molecule has 2 aromatic carbocycles. The van der Waals surface area contributed by atoms with Gasteiger partial charge in [-0.05, 0) is 61.7 Å². The molecule has 192 valence electrons. The molecule has 0 atom stereocenters. The third-order valence-electron chi connectivity index (χ3n) is 5.90. The molecule has 37 heavy (non-hydrogen) atoms. The number of methoxy groups -OCH3 is 1. The second-order valence-electron chi connectivity index (χ2n) is 8.88. The van der Waals surface area contributed by atoms with Crippen molar-refractivity contribution in [1.29, 1.82) is 0 Å². The average molecular weight is 503 g/mol. The fourth-order valence-electron chi connectivity index (χ4n) is 4.16. The van der Waals surface area contributed by atoms with Crippen LogP contribution in [0, 0.1) is 13.8 Å². The van der Waals surface area contributed by atoms with Crippen molar-refractivity contribution < 1.29 is 19.1 Å². The van der Waals surface area contributed by atoms with E-state index in [4.69, 9.17) is 9.47 Å². The first-order chi connectivity index (χ1) is 17.7. The number of aromatic amines is 1. The Labute approximate surface area is 214 Å². The number of nitrogens with zero attached hydrogens (tertiary/aromatic N) is 1. The van der Waals surface area contributed by atoms with E-state index in [1.807, 2.05) is 51.1 Å². The number of carbonyl (C=O) groups is 2. The maximum Gasteiger partial charge on any atom is 0.274 e. The number of benzene rings is 2. The van der Waals surface area contributed by atoms with Crippen LogP contribution in [0.3, 0.4) is 0 Å². The van der Waals surface area contributed by atoms with E-state index in [1.165, 1.54) is 11.7 Å². The number of carbonyl (C=O) groups excluding carboxylic acids is 2. The van der Waals surface area contributed by atoms with Gasteiger partial charge < -0.3 is 29.7 Å². The third kappa shape index (κ3) is 5.57. The van der Waals surface area contributed by atoms with Gasteiger partial charge in [0.2, 0.25) is 5.91 Å². The lowest BCUT2D eigenvalue weighted by atomic mass is 10.0. The Kier molecular flexibility index (Phi) is 7.45. The van der Waals surface area contributed by atoms with Crippen molar-refractivity contribution in [1.82, 2.24) is 14.9 Å². The smallest absolute Gasteiger partial charge is 0.274 e. The summed E-state index contributed by atoms with van der Waals surface area (Å²) >= 11 is 0. The van der Waals surface area contributed by atoms with Crippen LogP contribution in [-0.2, 0) is 16.6 Å². The van der Waals surface area contributed by atoms with E-state index in [0.717, 1.165) is 22.3 Å². The van der Waals surface area contributed by atoms with Crippen LogP contribution in [0.4, 0.5) is 5.69 Å². The molecular weight excluding hydrogens is 472 g/mol. The lowest BCUT2D eigenvalue weighted by Gasteiger charge is -2.14. The van der Waals surface area contributed by atoms with Crippen LogP contribution in [0.15, 0.2) is 53.5 Å². The van der Waals surface area contributed by atoms with Gasteiger partial charge in [-0.25, -0.2) is 0 Å². The van der Waals surface area contributed by atoms with Crippen LogP contribution in [0.1, 0.15) is 28.5 Å². The molecule has 0 unspecified atom stereocenters. The second-order valence-corrected chi connectivity index (χ2v) is 8.88. The van der Waals surface area contributed by atoms with Crippen LogP contribution in [0.2, 0.25) is 0 Å². The normalized spacial score (nSPS) is 10.9. The largest absolute Gasteiger partial charge is 0.457 e. The van der Waals surface area contributed by atoms with Gasteiger partial charge >= 0.3 is 0 Å². The van der Waals surface area contributed by atoms with Crippen molar-refractivity contribution in [2.45, 2.75) is 20.8 Å². The van der Waals surface area contributed by atoms with Gasteiger partial charge in [0.05, 0.1) is 0 Å². The Balaban J connectivity index is 1.73. The van der Waals surface area contributed by atoms with Crippen LogP contribution >= 0.6 is 0 Å². The number of anilines is 1. The molecule has 0 saturated carbocycles. The molecule has 9 nitrogen and oxygen atoms in total. The zero-order valence-electron chi connectivity index (χ0n) is 21.5. The van der Waals surface area contributed by atoms with E-state index >= 15 is 0 Å². The molecular formula is C28H30N4O5. The summed E-state index contributed by atoms with van der Waals surface area (Å²) < 4.78 is 12.6. The van der Waals surface area contributed by atoms with Gasteiger partial charge in [0, 0.05) is 49.6 Å². The van der Waals surface area contributed by atoms with E-state index in [1.54, 1.807) is 25.4 Å². The van der Waals surface area contributed by atoms with Crippen LogP contribution in [-0.4, -0.2) is 41.6 Å². The maximum absolute atomic E-state index is 12.8. The standard InChI is InChI=1S/C28H30N4O5/c1-6-29-27(34)24-13-21-22(14-32(4)28(35)26(21)31-24)18-9-16(2)10-20(11-18)37-19-8-7-17(3)23(12-19)30-25(33)15-36-5/h7-14,31H,6,15H2,1-5H3,(H,29,34)(H,30,33). The zero-order valence-corrected chi connectivity index (χ0v) is 21.5. The van der Waals surface area contributed by atoms with E-state index < -0.39 is 0 Å². The summed E-state index contributed by atoms with van der Waals surface area (Å²) in [7, 11) is 3.14. The molecule has 4 aromatic rings. The monoisotopic (exact) mass is 502 g/mol. The quantitative estimate of drug-likeness (QED) is 0.333. The summed E-state index contributed by atoms with van der Waals surface area (Å²) in [5, 5.41) is 6.23. The van der Waals surface area contributed by atoms with E-state index in [9.17, 15) is 14.4 Å². The fraction of sp³-hybridized carbons (Fsp3) is 0.250. The Morgan fingerprint density at radius 1 is 1.05 bits per heavy atom. The van der Waals surface area contributed by atoms with Gasteiger partial charge in [-0.3, -0.25) is 14.4 Å². The fourth-order valence-corrected chi connectivity index (χ4v) is 4.16. The number of pyridine rings is 1. The second kappa shape index (κ2) is 10.7. The molecule has 0 aliphatic carbocycles. The summed E-state index contributed by atoms with van der Waals surface area (Å²) in [6.07, 6.45) is 1.76. The van der Waals surface area contributed by atoms with Gasteiger partial charge in [0.25, 0.3) is 11.5 Å². The minimum Gasteiger partial charge on any atom is -0.457 e. The molecule has 0 radical (unpaired) electrons. The number of fused-ring (bicyclic) bond motifs is 1. The first-order valence-corrected chi connectivity index (χ1v) is 11.9. The number of rotatable bonds is 8. The lowest BCUT2D eigenvalue weighted by molar-refractivity contribution is -0.119. The Bertz CT molecular complexity index is 1550. The topological polar surface area (TPSA) is 114 Å². The molecule has 0 fully saturated rings. The van der Waals surface area contributed by atoms with Gasteiger partial charge in [-0.15, -0.1) is 0 Å². The summed E-state index contributed by atoms with van der Waals surface area (Å²) in [5.74, 6) is 0.626. The minimum atomic E-state index is -0.271. The van der Waals surface area contributed by atoms with Crippen molar-refractivity contribution in [2.24, 2.45) is 7.05 Å². The highest BCUT2D eigenvalue weighted by atomic mass is 16.5. The Morgan fingerprint density at radius 2 is 1.84 bits per heavy atom. The maximum atomic E-state index is 12.8. The molecule has 0 aliphatic heterocycles. The first kappa shape index (κ1) is 25.7. The number of hydrogen-bond acceptors (Lipinski definition) is 5. The van der Waals surface area contributed by atoms with Crippen LogP contribution in [0.5, 0.6) is 11.5 Å². The van der Waals surface area contributed by atoms with Crippen LogP contribution in [0.25, 0.3) is 22.0 Å². The molecule has 9 heteroatoms. The highest BCUT2D eigenvalue weighted by Crippen LogP contribution is 2.34. The van der Waals surface area contributed by atoms with E-state index in [2.05, 4.69) is 15.6 Å². The summed E-state index contributed by atoms with van der Waals surface area (Å²) in [4.78, 5) is 40.2. The van der Waals surface area contributed by atoms with E-state index in [-0.39, 0.29) is 24.0 Å². The summed E-state index contributed by atoms with van der Waals surface area (Å²) in [6, 6.07) is 13.0. The SMILES string of the molecule is CCNC(=O)c1cc2c(-c3cc(C)cc(Oc4ccc(C)c(NC(=O)COC)c4)c3)cn(C)c(=O)c2[nH]1. The molecule has 4 rings (SSSR count). The zero-order chi connectivity index (χ0) is 26.7. The highest BCUT2D eigenvalue weighted by Gasteiger charge is 2.17. The van der Waals surface area contributed by atoms with Crippen LogP contribution < -0.4 is 20.9 Å².